The highest BCUT2D eigenvalue weighted by atomic mass is 35.5. The smallest absolute Gasteiger partial charge is 0.0977 e. The molecule has 0 aliphatic heterocycles. The molecular formula is C14H10Cl2N2. The molecule has 0 aromatic heterocycles. The molecule has 0 fully saturated rings. The van der Waals surface area contributed by atoms with Crippen LogP contribution in [0, 0.1) is 11.3 Å². The van der Waals surface area contributed by atoms with Gasteiger partial charge >= 0.3 is 0 Å². The van der Waals surface area contributed by atoms with Gasteiger partial charge in [-0.25, -0.2) is 0 Å². The Morgan fingerprint density at radius 1 is 1.06 bits per heavy atom. The summed E-state index contributed by atoms with van der Waals surface area (Å²) in [7, 11) is 0. The van der Waals surface area contributed by atoms with Gasteiger partial charge in [0.05, 0.1) is 22.7 Å². The summed E-state index contributed by atoms with van der Waals surface area (Å²) in [6.45, 7) is 0. The van der Waals surface area contributed by atoms with Crippen LogP contribution >= 0.6 is 23.2 Å². The molecule has 18 heavy (non-hydrogen) atoms. The maximum Gasteiger partial charge on any atom is 0.0977 e. The van der Waals surface area contributed by atoms with Crippen molar-refractivity contribution in [2.75, 3.05) is 5.73 Å². The molecule has 0 saturated carbocycles. The minimum atomic E-state index is -0.447. The van der Waals surface area contributed by atoms with E-state index >= 15 is 0 Å². The SMILES string of the molecule is N#CC(c1ccccc1)c1cc(Cl)c(N)cc1Cl. The molecule has 2 aromatic rings. The van der Waals surface area contributed by atoms with Gasteiger partial charge in [-0.2, -0.15) is 5.26 Å². The highest BCUT2D eigenvalue weighted by molar-refractivity contribution is 6.35. The molecule has 0 amide bonds. The molecule has 1 atom stereocenters. The van der Waals surface area contributed by atoms with E-state index in [1.165, 1.54) is 0 Å². The molecule has 0 saturated heterocycles. The van der Waals surface area contributed by atoms with Crippen molar-refractivity contribution in [1.29, 1.82) is 5.26 Å². The van der Waals surface area contributed by atoms with E-state index in [1.54, 1.807) is 12.1 Å². The minimum absolute atomic E-state index is 0.408. The second-order valence-corrected chi connectivity index (χ2v) is 4.68. The van der Waals surface area contributed by atoms with E-state index in [4.69, 9.17) is 28.9 Å². The van der Waals surface area contributed by atoms with Gasteiger partial charge in [-0.1, -0.05) is 53.5 Å². The second-order valence-electron chi connectivity index (χ2n) is 3.87. The second kappa shape index (κ2) is 5.30. The van der Waals surface area contributed by atoms with Crippen LogP contribution < -0.4 is 5.73 Å². The Balaban J connectivity index is 2.53. The number of rotatable bonds is 2. The molecular weight excluding hydrogens is 267 g/mol. The van der Waals surface area contributed by atoms with Gasteiger partial charge in [0, 0.05) is 5.02 Å². The molecule has 0 bridgehead atoms. The fourth-order valence-electron chi connectivity index (χ4n) is 1.77. The fourth-order valence-corrected chi connectivity index (χ4v) is 2.22. The zero-order valence-corrected chi connectivity index (χ0v) is 10.9. The number of anilines is 1. The third-order valence-electron chi connectivity index (χ3n) is 2.69. The number of hydrogen-bond donors (Lipinski definition) is 1. The summed E-state index contributed by atoms with van der Waals surface area (Å²) in [6.07, 6.45) is 0. The Bertz CT molecular complexity index is 603. The highest BCUT2D eigenvalue weighted by Crippen LogP contribution is 2.34. The van der Waals surface area contributed by atoms with Crippen molar-refractivity contribution < 1.29 is 0 Å². The van der Waals surface area contributed by atoms with E-state index in [0.29, 0.717) is 21.3 Å². The largest absolute Gasteiger partial charge is 0.397 e. The van der Waals surface area contributed by atoms with E-state index in [-0.39, 0.29) is 0 Å². The first-order chi connectivity index (χ1) is 8.63. The summed E-state index contributed by atoms with van der Waals surface area (Å²) in [6, 6.07) is 14.9. The molecule has 0 spiro atoms. The van der Waals surface area contributed by atoms with Crippen LogP contribution in [0.2, 0.25) is 10.0 Å². The summed E-state index contributed by atoms with van der Waals surface area (Å²) < 4.78 is 0. The third-order valence-corrected chi connectivity index (χ3v) is 3.34. The van der Waals surface area contributed by atoms with Gasteiger partial charge in [0.15, 0.2) is 0 Å². The molecule has 0 aliphatic carbocycles. The van der Waals surface area contributed by atoms with Crippen molar-refractivity contribution in [2.24, 2.45) is 0 Å². The number of nitrogen functional groups attached to an aromatic ring is 1. The number of nitriles is 1. The zero-order valence-electron chi connectivity index (χ0n) is 9.40. The Morgan fingerprint density at radius 2 is 1.72 bits per heavy atom. The predicted octanol–water partition coefficient (Wildman–Crippen LogP) is 4.23. The minimum Gasteiger partial charge on any atom is -0.397 e. The molecule has 2 N–H and O–H groups in total. The van der Waals surface area contributed by atoms with Crippen LogP contribution in [0.3, 0.4) is 0 Å². The van der Waals surface area contributed by atoms with Crippen LogP contribution in [0.15, 0.2) is 42.5 Å². The number of nitrogens with zero attached hydrogens (tertiary/aromatic N) is 1. The lowest BCUT2D eigenvalue weighted by Crippen LogP contribution is -2.00. The lowest BCUT2D eigenvalue weighted by molar-refractivity contribution is 1.04. The van der Waals surface area contributed by atoms with Gasteiger partial charge in [-0.3, -0.25) is 0 Å². The topological polar surface area (TPSA) is 49.8 Å². The summed E-state index contributed by atoms with van der Waals surface area (Å²) in [4.78, 5) is 0. The predicted molar refractivity (Wildman–Crippen MR) is 74.8 cm³/mol. The lowest BCUT2D eigenvalue weighted by atomic mass is 9.92. The molecule has 1 unspecified atom stereocenters. The quantitative estimate of drug-likeness (QED) is 0.835. The number of benzene rings is 2. The van der Waals surface area contributed by atoms with Gasteiger partial charge < -0.3 is 5.73 Å². The standard InChI is InChI=1S/C14H10Cl2N2/c15-12-7-14(18)13(16)6-10(12)11(8-17)9-4-2-1-3-5-9/h1-7,11H,18H2. The molecule has 2 aromatic carbocycles. The summed E-state index contributed by atoms with van der Waals surface area (Å²) in [5.41, 5.74) is 7.63. The lowest BCUT2D eigenvalue weighted by Gasteiger charge is -2.13. The summed E-state index contributed by atoms with van der Waals surface area (Å²) in [5, 5.41) is 10.2. The summed E-state index contributed by atoms with van der Waals surface area (Å²) >= 11 is 12.1. The zero-order chi connectivity index (χ0) is 13.1. The Labute approximate surface area is 116 Å². The van der Waals surface area contributed by atoms with Crippen molar-refractivity contribution >= 4 is 28.9 Å². The molecule has 0 radical (unpaired) electrons. The van der Waals surface area contributed by atoms with Crippen LogP contribution in [0.4, 0.5) is 5.69 Å². The highest BCUT2D eigenvalue weighted by Gasteiger charge is 2.17. The van der Waals surface area contributed by atoms with Crippen molar-refractivity contribution in [3.05, 3.63) is 63.6 Å². The molecule has 2 nitrogen and oxygen atoms in total. The monoisotopic (exact) mass is 276 g/mol. The van der Waals surface area contributed by atoms with Crippen LogP contribution in [-0.4, -0.2) is 0 Å². The number of halogens is 2. The first-order valence-electron chi connectivity index (χ1n) is 5.32. The van der Waals surface area contributed by atoms with Crippen molar-refractivity contribution in [3.63, 3.8) is 0 Å². The Kier molecular flexibility index (Phi) is 3.76. The third kappa shape index (κ3) is 2.43. The van der Waals surface area contributed by atoms with E-state index in [1.807, 2.05) is 30.3 Å². The van der Waals surface area contributed by atoms with Crippen LogP contribution in [0.5, 0.6) is 0 Å². The number of hydrogen-bond acceptors (Lipinski definition) is 2. The van der Waals surface area contributed by atoms with Crippen molar-refractivity contribution in [3.8, 4) is 6.07 Å². The molecule has 0 heterocycles. The van der Waals surface area contributed by atoms with Gasteiger partial charge in [0.25, 0.3) is 0 Å². The molecule has 2 rings (SSSR count). The number of nitrogens with two attached hydrogens (primary N) is 1. The Hall–Kier alpha value is -1.69. The summed E-state index contributed by atoms with van der Waals surface area (Å²) in [5.74, 6) is -0.447. The van der Waals surface area contributed by atoms with E-state index in [9.17, 15) is 5.26 Å². The Morgan fingerprint density at radius 3 is 2.33 bits per heavy atom. The van der Waals surface area contributed by atoms with Crippen molar-refractivity contribution in [2.45, 2.75) is 5.92 Å². The van der Waals surface area contributed by atoms with Gasteiger partial charge in [0.1, 0.15) is 0 Å². The molecule has 4 heteroatoms. The fraction of sp³-hybridized carbons (Fsp3) is 0.0714. The average Bonchev–Trinajstić information content (AvgIpc) is 2.38. The maximum absolute atomic E-state index is 9.33. The van der Waals surface area contributed by atoms with Gasteiger partial charge in [-0.15, -0.1) is 0 Å². The van der Waals surface area contributed by atoms with Gasteiger partial charge in [0.2, 0.25) is 0 Å². The van der Waals surface area contributed by atoms with Crippen LogP contribution in [0.25, 0.3) is 0 Å². The van der Waals surface area contributed by atoms with E-state index < -0.39 is 5.92 Å². The molecule has 90 valence electrons. The van der Waals surface area contributed by atoms with E-state index in [2.05, 4.69) is 6.07 Å². The van der Waals surface area contributed by atoms with Crippen LogP contribution in [-0.2, 0) is 0 Å². The first-order valence-corrected chi connectivity index (χ1v) is 6.08. The van der Waals surface area contributed by atoms with Crippen molar-refractivity contribution in [1.82, 2.24) is 0 Å². The maximum atomic E-state index is 9.33. The first kappa shape index (κ1) is 12.8. The van der Waals surface area contributed by atoms with E-state index in [0.717, 1.165) is 5.56 Å². The average molecular weight is 277 g/mol. The normalized spacial score (nSPS) is 11.8. The van der Waals surface area contributed by atoms with Crippen LogP contribution in [0.1, 0.15) is 17.0 Å². The molecule has 0 aliphatic rings. The van der Waals surface area contributed by atoms with Gasteiger partial charge in [-0.05, 0) is 23.3 Å².